The Morgan fingerprint density at radius 2 is 1.88 bits per heavy atom. The Bertz CT molecular complexity index is 1380. The number of benzene rings is 1. The van der Waals surface area contributed by atoms with Crippen LogP contribution in [0, 0.1) is 0 Å². The Labute approximate surface area is 189 Å². The number of nitrogens with zero attached hydrogens (tertiary/aromatic N) is 5. The van der Waals surface area contributed by atoms with Crippen molar-refractivity contribution in [3.63, 3.8) is 0 Å². The smallest absolute Gasteiger partial charge is 0.266 e. The zero-order valence-corrected chi connectivity index (χ0v) is 19.1. The lowest BCUT2D eigenvalue weighted by Crippen LogP contribution is -2.11. The largest absolute Gasteiger partial charge is 0.478 e. The van der Waals surface area contributed by atoms with Gasteiger partial charge < -0.3 is 14.2 Å². The molecule has 0 fully saturated rings. The number of alkyl halides is 1. The summed E-state index contributed by atoms with van der Waals surface area (Å²) in [7, 11) is -1.50. The highest BCUT2D eigenvalue weighted by molar-refractivity contribution is 9.10. The van der Waals surface area contributed by atoms with Crippen LogP contribution in [-0.4, -0.2) is 53.8 Å². The molecule has 0 unspecified atom stereocenters. The number of aromatic nitrogens is 5. The molecule has 168 valence electrons. The number of sulfonamides is 1. The Morgan fingerprint density at radius 3 is 2.41 bits per heavy atom. The van der Waals surface area contributed by atoms with E-state index in [4.69, 9.17) is 19.3 Å². The van der Waals surface area contributed by atoms with Crippen LogP contribution in [0.25, 0.3) is 22.5 Å². The molecule has 4 aromatic rings. The molecule has 0 bridgehead atoms. The van der Waals surface area contributed by atoms with Crippen molar-refractivity contribution in [3.05, 3.63) is 41.3 Å². The van der Waals surface area contributed by atoms with Crippen LogP contribution in [0.5, 0.6) is 17.5 Å². The fourth-order valence-corrected chi connectivity index (χ4v) is 4.44. The Balaban J connectivity index is 2.13. The van der Waals surface area contributed by atoms with Gasteiger partial charge in [0.1, 0.15) is 10.6 Å². The fraction of sp³-hybridized carbons (Fsp3) is 0.167. The minimum atomic E-state index is -4.12. The van der Waals surface area contributed by atoms with E-state index in [0.29, 0.717) is 21.1 Å². The first kappa shape index (κ1) is 22.0. The molecule has 0 radical (unpaired) electrons. The standard InChI is InChI=1S/C18H16BrFN6O5S/c1-29-16-15(31-9-20)17(30-2)24-18(23-16)25-8-12(32(21,27)28)10-4-5-11(19)14(13(10)25)26-7-3-6-22-26/h3-8H,9H2,1-2H3,(H2,21,27,28). The van der Waals surface area contributed by atoms with Crippen LogP contribution in [0.15, 0.2) is 46.2 Å². The van der Waals surface area contributed by atoms with Crippen molar-refractivity contribution in [1.29, 1.82) is 0 Å². The molecular formula is C18H16BrFN6O5S. The summed E-state index contributed by atoms with van der Waals surface area (Å²) in [5, 5.41) is 10.0. The summed E-state index contributed by atoms with van der Waals surface area (Å²) in [6, 6.07) is 4.99. The molecule has 0 atom stereocenters. The lowest BCUT2D eigenvalue weighted by Gasteiger charge is -2.14. The second-order valence-electron chi connectivity index (χ2n) is 6.28. The first-order valence-corrected chi connectivity index (χ1v) is 11.2. The summed E-state index contributed by atoms with van der Waals surface area (Å²) < 4.78 is 56.4. The van der Waals surface area contributed by atoms with Crippen LogP contribution in [0.1, 0.15) is 0 Å². The number of nitrogens with two attached hydrogens (primary N) is 1. The number of hydrogen-bond acceptors (Lipinski definition) is 8. The Kier molecular flexibility index (Phi) is 5.75. The Morgan fingerprint density at radius 1 is 1.19 bits per heavy atom. The molecule has 3 heterocycles. The van der Waals surface area contributed by atoms with Crippen molar-refractivity contribution < 1.29 is 27.0 Å². The van der Waals surface area contributed by atoms with E-state index in [2.05, 4.69) is 31.0 Å². The van der Waals surface area contributed by atoms with Gasteiger partial charge in [0.05, 0.1) is 19.7 Å². The molecule has 0 amide bonds. The van der Waals surface area contributed by atoms with Gasteiger partial charge >= 0.3 is 0 Å². The van der Waals surface area contributed by atoms with Crippen LogP contribution >= 0.6 is 15.9 Å². The third-order valence-corrected chi connectivity index (χ3v) is 6.07. The summed E-state index contributed by atoms with van der Waals surface area (Å²) in [6.07, 6.45) is 4.54. The average Bonchev–Trinajstić information content (AvgIpc) is 3.42. The van der Waals surface area contributed by atoms with E-state index in [1.54, 1.807) is 35.3 Å². The molecule has 11 nitrogen and oxygen atoms in total. The summed E-state index contributed by atoms with van der Waals surface area (Å²) in [5.74, 6) is -0.396. The molecule has 0 saturated heterocycles. The lowest BCUT2D eigenvalue weighted by molar-refractivity contribution is 0.173. The maximum atomic E-state index is 12.8. The predicted molar refractivity (Wildman–Crippen MR) is 115 cm³/mol. The number of rotatable bonds is 7. The Hall–Kier alpha value is -3.23. The topological polar surface area (TPSA) is 136 Å². The van der Waals surface area contributed by atoms with E-state index < -0.39 is 16.9 Å². The van der Waals surface area contributed by atoms with E-state index in [1.165, 1.54) is 25.0 Å². The molecular weight excluding hydrogens is 511 g/mol. The zero-order valence-electron chi connectivity index (χ0n) is 16.7. The molecule has 3 aromatic heterocycles. The normalized spacial score (nSPS) is 11.7. The van der Waals surface area contributed by atoms with Gasteiger partial charge in [-0.1, -0.05) is 6.07 Å². The zero-order chi connectivity index (χ0) is 23.0. The molecule has 2 N–H and O–H groups in total. The fourth-order valence-electron chi connectivity index (χ4n) is 3.21. The number of halogens is 2. The van der Waals surface area contributed by atoms with Gasteiger partial charge in [-0.15, -0.1) is 0 Å². The second kappa shape index (κ2) is 8.37. The number of ether oxygens (including phenoxy) is 3. The molecule has 0 saturated carbocycles. The van der Waals surface area contributed by atoms with Crippen molar-refractivity contribution in [2.75, 3.05) is 21.1 Å². The second-order valence-corrected chi connectivity index (χ2v) is 8.66. The van der Waals surface area contributed by atoms with E-state index >= 15 is 0 Å². The monoisotopic (exact) mass is 526 g/mol. The highest BCUT2D eigenvalue weighted by atomic mass is 79.9. The minimum absolute atomic E-state index is 0.0312. The van der Waals surface area contributed by atoms with Gasteiger partial charge in [-0.3, -0.25) is 4.57 Å². The van der Waals surface area contributed by atoms with E-state index in [9.17, 15) is 12.8 Å². The maximum absolute atomic E-state index is 12.8. The number of fused-ring (bicyclic) bond motifs is 1. The number of primary sulfonamides is 1. The van der Waals surface area contributed by atoms with Gasteiger partial charge in [-0.2, -0.15) is 15.1 Å². The van der Waals surface area contributed by atoms with E-state index in [-0.39, 0.29) is 28.4 Å². The van der Waals surface area contributed by atoms with Crippen LogP contribution in [0.4, 0.5) is 4.39 Å². The van der Waals surface area contributed by atoms with Crippen LogP contribution in [0.2, 0.25) is 0 Å². The van der Waals surface area contributed by atoms with Gasteiger partial charge in [0.15, 0.2) is 0 Å². The van der Waals surface area contributed by atoms with Crippen molar-refractivity contribution in [2.24, 2.45) is 5.14 Å². The first-order valence-electron chi connectivity index (χ1n) is 8.85. The van der Waals surface area contributed by atoms with E-state index in [0.717, 1.165) is 0 Å². The van der Waals surface area contributed by atoms with Crippen molar-refractivity contribution in [1.82, 2.24) is 24.3 Å². The van der Waals surface area contributed by atoms with Crippen LogP contribution < -0.4 is 19.3 Å². The van der Waals surface area contributed by atoms with Crippen LogP contribution in [-0.2, 0) is 10.0 Å². The van der Waals surface area contributed by atoms with Crippen molar-refractivity contribution >= 4 is 36.9 Å². The van der Waals surface area contributed by atoms with E-state index in [1.807, 2.05) is 0 Å². The van der Waals surface area contributed by atoms with Gasteiger partial charge in [0.25, 0.3) is 11.8 Å². The SMILES string of the molecule is COc1nc(-n2cc(S(N)(=O)=O)c3ccc(Br)c(-n4cccn4)c32)nc(OC)c1OCF. The third-order valence-electron chi connectivity index (χ3n) is 4.49. The highest BCUT2D eigenvalue weighted by Gasteiger charge is 2.26. The summed E-state index contributed by atoms with van der Waals surface area (Å²) >= 11 is 3.49. The molecule has 1 aromatic carbocycles. The summed E-state index contributed by atoms with van der Waals surface area (Å²) in [4.78, 5) is 8.37. The maximum Gasteiger partial charge on any atom is 0.266 e. The van der Waals surface area contributed by atoms with Crippen LogP contribution in [0.3, 0.4) is 0 Å². The van der Waals surface area contributed by atoms with Gasteiger partial charge in [-0.05, 0) is 28.1 Å². The molecule has 14 heteroatoms. The van der Waals surface area contributed by atoms with Crippen molar-refractivity contribution in [2.45, 2.75) is 4.90 Å². The number of hydrogen-bond donors (Lipinski definition) is 1. The average molecular weight is 527 g/mol. The van der Waals surface area contributed by atoms with Gasteiger partial charge in [0.2, 0.25) is 28.6 Å². The van der Waals surface area contributed by atoms with Gasteiger partial charge in [0, 0.05) is 28.4 Å². The summed E-state index contributed by atoms with van der Waals surface area (Å²) in [6.45, 7) is -1.16. The first-order chi connectivity index (χ1) is 15.3. The molecule has 0 aliphatic rings. The molecule has 0 aliphatic carbocycles. The van der Waals surface area contributed by atoms with Gasteiger partial charge in [-0.25, -0.2) is 22.6 Å². The molecule has 0 spiro atoms. The quantitative estimate of drug-likeness (QED) is 0.387. The molecule has 4 rings (SSSR count). The number of methoxy groups -OCH3 is 2. The highest BCUT2D eigenvalue weighted by Crippen LogP contribution is 2.38. The summed E-state index contributed by atoms with van der Waals surface area (Å²) in [5.41, 5.74) is 0.892. The third kappa shape index (κ3) is 3.65. The minimum Gasteiger partial charge on any atom is -0.478 e. The lowest BCUT2D eigenvalue weighted by atomic mass is 10.2. The molecule has 0 aliphatic heterocycles. The predicted octanol–water partition coefficient (Wildman–Crippen LogP) is 2.34. The van der Waals surface area contributed by atoms with Crippen molar-refractivity contribution in [3.8, 4) is 29.1 Å². The molecule has 32 heavy (non-hydrogen) atoms.